The third kappa shape index (κ3) is 1.87. The molecule has 2 nitrogen and oxygen atoms in total. The average molecular weight is 194 g/mol. The van der Waals surface area contributed by atoms with Crippen molar-refractivity contribution in [2.45, 2.75) is 6.92 Å². The number of aromatic nitrogens is 1. The Morgan fingerprint density at radius 1 is 1.13 bits per heavy atom. The first-order valence-corrected chi connectivity index (χ1v) is 4.73. The van der Waals surface area contributed by atoms with Crippen molar-refractivity contribution in [3.63, 3.8) is 0 Å². The minimum atomic E-state index is 0.681. The van der Waals surface area contributed by atoms with Gasteiger partial charge in [-0.25, -0.2) is 0 Å². The third-order valence-electron chi connectivity index (χ3n) is 2.33. The summed E-state index contributed by atoms with van der Waals surface area (Å²) in [7, 11) is 0. The summed E-state index contributed by atoms with van der Waals surface area (Å²) in [5.74, 6) is 0. The highest BCUT2D eigenvalue weighted by Crippen LogP contribution is 2.21. The molecular formula is C13H10N2. The summed E-state index contributed by atoms with van der Waals surface area (Å²) in [6.07, 6.45) is 1.78. The van der Waals surface area contributed by atoms with Crippen molar-refractivity contribution in [3.8, 4) is 17.2 Å². The summed E-state index contributed by atoms with van der Waals surface area (Å²) >= 11 is 0. The molecule has 0 spiro atoms. The van der Waals surface area contributed by atoms with Gasteiger partial charge in [0.2, 0.25) is 0 Å². The molecule has 0 aliphatic rings. The lowest BCUT2D eigenvalue weighted by molar-refractivity contribution is 1.20. The van der Waals surface area contributed by atoms with Crippen LogP contribution in [-0.4, -0.2) is 4.98 Å². The van der Waals surface area contributed by atoms with E-state index in [-0.39, 0.29) is 0 Å². The molecule has 72 valence electrons. The van der Waals surface area contributed by atoms with Crippen molar-refractivity contribution in [1.29, 1.82) is 5.26 Å². The number of hydrogen-bond donors (Lipinski definition) is 0. The summed E-state index contributed by atoms with van der Waals surface area (Å²) in [5.41, 5.74) is 3.89. The van der Waals surface area contributed by atoms with E-state index in [0.717, 1.165) is 16.8 Å². The van der Waals surface area contributed by atoms with Gasteiger partial charge in [-0.2, -0.15) is 5.26 Å². The number of benzene rings is 1. The minimum absolute atomic E-state index is 0.681. The van der Waals surface area contributed by atoms with E-state index in [9.17, 15) is 0 Å². The third-order valence-corrected chi connectivity index (χ3v) is 2.33. The molecule has 0 saturated heterocycles. The van der Waals surface area contributed by atoms with Crippen LogP contribution < -0.4 is 0 Å². The second-order valence-corrected chi connectivity index (χ2v) is 3.33. The summed E-state index contributed by atoms with van der Waals surface area (Å²) in [6, 6.07) is 13.6. The molecule has 0 atom stereocenters. The van der Waals surface area contributed by atoms with Gasteiger partial charge in [0.1, 0.15) is 0 Å². The SMILES string of the molecule is Cc1ncccc1-c1ccc(C#N)cc1. The van der Waals surface area contributed by atoms with Gasteiger partial charge >= 0.3 is 0 Å². The zero-order valence-electron chi connectivity index (χ0n) is 8.44. The summed E-state index contributed by atoms with van der Waals surface area (Å²) < 4.78 is 0. The van der Waals surface area contributed by atoms with Crippen LogP contribution in [0, 0.1) is 18.3 Å². The molecule has 0 radical (unpaired) electrons. The molecule has 0 N–H and O–H groups in total. The van der Waals surface area contributed by atoms with Crippen molar-refractivity contribution in [2.75, 3.05) is 0 Å². The fraction of sp³-hybridized carbons (Fsp3) is 0.0769. The van der Waals surface area contributed by atoms with Gasteiger partial charge in [-0.1, -0.05) is 18.2 Å². The van der Waals surface area contributed by atoms with Crippen molar-refractivity contribution >= 4 is 0 Å². The highest BCUT2D eigenvalue weighted by atomic mass is 14.7. The molecule has 1 aromatic heterocycles. The lowest BCUT2D eigenvalue weighted by Gasteiger charge is -2.04. The molecule has 0 bridgehead atoms. The maximum absolute atomic E-state index is 8.69. The van der Waals surface area contributed by atoms with E-state index in [1.807, 2.05) is 43.3 Å². The lowest BCUT2D eigenvalue weighted by Crippen LogP contribution is -1.86. The van der Waals surface area contributed by atoms with Gasteiger partial charge in [-0.15, -0.1) is 0 Å². The predicted molar refractivity (Wildman–Crippen MR) is 59.1 cm³/mol. The van der Waals surface area contributed by atoms with E-state index in [0.29, 0.717) is 5.56 Å². The second-order valence-electron chi connectivity index (χ2n) is 3.33. The molecule has 2 heteroatoms. The maximum Gasteiger partial charge on any atom is 0.0991 e. The second kappa shape index (κ2) is 3.93. The predicted octanol–water partition coefficient (Wildman–Crippen LogP) is 2.93. The molecule has 0 aliphatic heterocycles. The Morgan fingerprint density at radius 2 is 1.87 bits per heavy atom. The molecule has 2 aromatic rings. The smallest absolute Gasteiger partial charge is 0.0991 e. The monoisotopic (exact) mass is 194 g/mol. The molecule has 0 unspecified atom stereocenters. The Morgan fingerprint density at radius 3 is 2.47 bits per heavy atom. The van der Waals surface area contributed by atoms with Crippen LogP contribution in [0.5, 0.6) is 0 Å². The standard InChI is InChI=1S/C13H10N2/c1-10-13(3-2-8-15-10)12-6-4-11(9-14)5-7-12/h2-8H,1H3. The Labute approximate surface area is 88.8 Å². The highest BCUT2D eigenvalue weighted by Gasteiger charge is 2.01. The molecular weight excluding hydrogens is 184 g/mol. The van der Waals surface area contributed by atoms with Crippen LogP contribution in [-0.2, 0) is 0 Å². The Hall–Kier alpha value is -2.14. The number of nitriles is 1. The number of rotatable bonds is 1. The quantitative estimate of drug-likeness (QED) is 0.699. The highest BCUT2D eigenvalue weighted by molar-refractivity contribution is 5.66. The van der Waals surface area contributed by atoms with E-state index in [1.54, 1.807) is 6.20 Å². The summed E-state index contributed by atoms with van der Waals surface area (Å²) in [6.45, 7) is 1.98. The fourth-order valence-corrected chi connectivity index (χ4v) is 1.51. The molecule has 0 saturated carbocycles. The van der Waals surface area contributed by atoms with Gasteiger partial charge in [0, 0.05) is 17.5 Å². The van der Waals surface area contributed by atoms with Crippen LogP contribution in [0.3, 0.4) is 0 Å². The molecule has 1 aromatic carbocycles. The first-order valence-electron chi connectivity index (χ1n) is 4.73. The van der Waals surface area contributed by atoms with Crippen LogP contribution in [0.2, 0.25) is 0 Å². The number of nitrogens with zero attached hydrogens (tertiary/aromatic N) is 2. The zero-order valence-corrected chi connectivity index (χ0v) is 8.44. The Bertz CT molecular complexity index is 507. The van der Waals surface area contributed by atoms with Gasteiger partial charge in [-0.05, 0) is 30.7 Å². The van der Waals surface area contributed by atoms with E-state index >= 15 is 0 Å². The Kier molecular flexibility index (Phi) is 2.47. The van der Waals surface area contributed by atoms with E-state index < -0.39 is 0 Å². The molecule has 15 heavy (non-hydrogen) atoms. The number of aryl methyl sites for hydroxylation is 1. The van der Waals surface area contributed by atoms with Crippen molar-refractivity contribution in [3.05, 3.63) is 53.9 Å². The van der Waals surface area contributed by atoms with Crippen LogP contribution in [0.1, 0.15) is 11.3 Å². The van der Waals surface area contributed by atoms with Crippen LogP contribution in [0.25, 0.3) is 11.1 Å². The maximum atomic E-state index is 8.69. The van der Waals surface area contributed by atoms with Crippen molar-refractivity contribution < 1.29 is 0 Å². The van der Waals surface area contributed by atoms with Gasteiger partial charge in [0.05, 0.1) is 11.6 Å². The first kappa shape index (κ1) is 9.42. The van der Waals surface area contributed by atoms with E-state index in [1.165, 1.54) is 0 Å². The van der Waals surface area contributed by atoms with Gasteiger partial charge in [-0.3, -0.25) is 4.98 Å². The lowest BCUT2D eigenvalue weighted by atomic mass is 10.0. The average Bonchev–Trinajstić information content (AvgIpc) is 2.30. The van der Waals surface area contributed by atoms with E-state index in [4.69, 9.17) is 5.26 Å². The van der Waals surface area contributed by atoms with Crippen molar-refractivity contribution in [2.24, 2.45) is 0 Å². The minimum Gasteiger partial charge on any atom is -0.261 e. The van der Waals surface area contributed by atoms with Crippen LogP contribution >= 0.6 is 0 Å². The number of hydrogen-bond acceptors (Lipinski definition) is 2. The van der Waals surface area contributed by atoms with Gasteiger partial charge in [0.15, 0.2) is 0 Å². The molecule has 0 fully saturated rings. The zero-order chi connectivity index (χ0) is 10.7. The normalized spacial score (nSPS) is 9.60. The topological polar surface area (TPSA) is 36.7 Å². The number of pyridine rings is 1. The largest absolute Gasteiger partial charge is 0.261 e. The van der Waals surface area contributed by atoms with Crippen LogP contribution in [0.4, 0.5) is 0 Å². The molecule has 0 aliphatic carbocycles. The fourth-order valence-electron chi connectivity index (χ4n) is 1.51. The van der Waals surface area contributed by atoms with Gasteiger partial charge < -0.3 is 0 Å². The molecule has 0 amide bonds. The first-order chi connectivity index (χ1) is 7.31. The van der Waals surface area contributed by atoms with Crippen LogP contribution in [0.15, 0.2) is 42.6 Å². The molecule has 1 heterocycles. The van der Waals surface area contributed by atoms with E-state index in [2.05, 4.69) is 11.1 Å². The summed E-state index contributed by atoms with van der Waals surface area (Å²) in [5, 5.41) is 8.69. The molecule has 2 rings (SSSR count). The Balaban J connectivity index is 2.47. The van der Waals surface area contributed by atoms with Gasteiger partial charge in [0.25, 0.3) is 0 Å². The summed E-state index contributed by atoms with van der Waals surface area (Å²) in [4.78, 5) is 4.23. The van der Waals surface area contributed by atoms with Crippen molar-refractivity contribution in [1.82, 2.24) is 4.98 Å².